The molecule has 0 saturated heterocycles. The van der Waals surface area contributed by atoms with E-state index in [0.29, 0.717) is 30.0 Å². The molecule has 0 radical (unpaired) electrons. The highest BCUT2D eigenvalue weighted by atomic mass is 16.5. The van der Waals surface area contributed by atoms with Crippen LogP contribution in [0.4, 0.5) is 5.69 Å². The molecule has 1 aliphatic rings. The van der Waals surface area contributed by atoms with Gasteiger partial charge in [0.1, 0.15) is 12.4 Å². The van der Waals surface area contributed by atoms with Crippen LogP contribution in [0.1, 0.15) is 36.0 Å². The van der Waals surface area contributed by atoms with E-state index in [-0.39, 0.29) is 11.7 Å². The molecular formula is C20H21NO4. The number of nitrogens with zero attached hydrogens (tertiary/aromatic N) is 1. The molecular weight excluding hydrogens is 318 g/mol. The molecule has 1 N–H and O–H groups in total. The van der Waals surface area contributed by atoms with Gasteiger partial charge in [-0.05, 0) is 37.1 Å². The van der Waals surface area contributed by atoms with Gasteiger partial charge in [-0.1, -0.05) is 30.7 Å². The number of unbranched alkanes of at least 4 members (excludes halogenated alkanes) is 2. The second kappa shape index (κ2) is 7.94. The van der Waals surface area contributed by atoms with Crippen LogP contribution in [-0.2, 0) is 4.79 Å². The third-order valence-electron chi connectivity index (χ3n) is 4.25. The van der Waals surface area contributed by atoms with Crippen molar-refractivity contribution in [3.63, 3.8) is 0 Å². The average molecular weight is 339 g/mol. The number of fused-ring (bicyclic) bond motifs is 2. The molecule has 130 valence electrons. The van der Waals surface area contributed by atoms with E-state index in [0.717, 1.165) is 24.9 Å². The van der Waals surface area contributed by atoms with Gasteiger partial charge < -0.3 is 14.7 Å². The topological polar surface area (TPSA) is 66.8 Å². The molecule has 2 aromatic rings. The number of aliphatic hydroxyl groups is 1. The van der Waals surface area contributed by atoms with Crippen LogP contribution in [0.25, 0.3) is 0 Å². The molecule has 0 aliphatic carbocycles. The number of ether oxygens (including phenoxy) is 1. The van der Waals surface area contributed by atoms with E-state index >= 15 is 0 Å². The van der Waals surface area contributed by atoms with Crippen LogP contribution >= 0.6 is 0 Å². The van der Waals surface area contributed by atoms with Gasteiger partial charge in [-0.3, -0.25) is 9.59 Å². The fourth-order valence-electron chi connectivity index (χ4n) is 2.94. The quantitative estimate of drug-likeness (QED) is 0.783. The fourth-order valence-corrected chi connectivity index (χ4v) is 2.94. The van der Waals surface area contributed by atoms with Crippen LogP contribution in [-0.4, -0.2) is 29.9 Å². The number of hydrogen-bond acceptors (Lipinski definition) is 4. The highest BCUT2D eigenvalue weighted by Crippen LogP contribution is 2.38. The monoisotopic (exact) mass is 339 g/mol. The molecule has 0 fully saturated rings. The van der Waals surface area contributed by atoms with Gasteiger partial charge in [0.05, 0.1) is 11.3 Å². The Balaban J connectivity index is 1.75. The van der Waals surface area contributed by atoms with Crippen molar-refractivity contribution in [1.29, 1.82) is 0 Å². The predicted octanol–water partition coefficient (Wildman–Crippen LogP) is 3.56. The van der Waals surface area contributed by atoms with Gasteiger partial charge in [-0.25, -0.2) is 0 Å². The summed E-state index contributed by atoms with van der Waals surface area (Å²) < 4.78 is 5.94. The Hall–Kier alpha value is -2.66. The summed E-state index contributed by atoms with van der Waals surface area (Å²) in [7, 11) is 0. The van der Waals surface area contributed by atoms with Crippen molar-refractivity contribution in [2.24, 2.45) is 0 Å². The number of benzene rings is 2. The molecule has 0 spiro atoms. The summed E-state index contributed by atoms with van der Waals surface area (Å²) in [5.74, 6) is 1.01. The number of hydrogen-bond donors (Lipinski definition) is 1. The first-order chi connectivity index (χ1) is 12.2. The summed E-state index contributed by atoms with van der Waals surface area (Å²) in [5, 5.41) is 8.75. The van der Waals surface area contributed by atoms with Crippen LogP contribution in [0.15, 0.2) is 48.5 Å². The minimum atomic E-state index is -0.397. The Morgan fingerprint density at radius 2 is 1.68 bits per heavy atom. The van der Waals surface area contributed by atoms with Crippen LogP contribution in [0.5, 0.6) is 11.5 Å². The van der Waals surface area contributed by atoms with Gasteiger partial charge in [-0.2, -0.15) is 0 Å². The zero-order valence-electron chi connectivity index (χ0n) is 14.0. The Morgan fingerprint density at radius 1 is 0.960 bits per heavy atom. The zero-order chi connectivity index (χ0) is 17.6. The van der Waals surface area contributed by atoms with Crippen molar-refractivity contribution >= 4 is 17.4 Å². The molecule has 3 rings (SSSR count). The molecule has 1 amide bonds. The molecule has 0 bridgehead atoms. The lowest BCUT2D eigenvalue weighted by molar-refractivity contribution is -0.121. The molecule has 0 aromatic heterocycles. The van der Waals surface area contributed by atoms with Crippen molar-refractivity contribution in [3.8, 4) is 11.5 Å². The predicted molar refractivity (Wildman–Crippen MR) is 95.2 cm³/mol. The number of aliphatic hydroxyl groups excluding tert-OH is 1. The van der Waals surface area contributed by atoms with Gasteiger partial charge >= 0.3 is 0 Å². The second-order valence-corrected chi connectivity index (χ2v) is 6.03. The zero-order valence-corrected chi connectivity index (χ0v) is 14.0. The molecule has 1 aliphatic heterocycles. The lowest BCUT2D eigenvalue weighted by Gasteiger charge is -2.22. The second-order valence-electron chi connectivity index (χ2n) is 6.03. The fraction of sp³-hybridized carbons (Fsp3) is 0.300. The number of ketones is 1. The number of Topliss-reactive ketones (excluding diaryl/α,β-unsaturated/α-hetero) is 1. The number of carbonyl (C=O) groups is 2. The standard InChI is InChI=1S/C20H21NO4/c22-14-15(23)8-2-1-7-13-21-17-10-4-6-12-19(17)25-18-11-5-3-9-16(18)20(21)24/h3-6,9-12,22H,1-2,7-8,13-14H2. The molecule has 0 atom stereocenters. The molecule has 0 unspecified atom stereocenters. The number of para-hydroxylation sites is 3. The van der Waals surface area contributed by atoms with Crippen molar-refractivity contribution < 1.29 is 19.4 Å². The minimum Gasteiger partial charge on any atom is -0.454 e. The SMILES string of the molecule is O=C(CO)CCCCCN1C(=O)c2ccccc2Oc2ccccc21. The molecule has 0 saturated carbocycles. The first-order valence-corrected chi connectivity index (χ1v) is 8.51. The maximum absolute atomic E-state index is 13.0. The Bertz CT molecular complexity index is 772. The molecule has 5 nitrogen and oxygen atoms in total. The number of anilines is 1. The van der Waals surface area contributed by atoms with Gasteiger partial charge in [0, 0.05) is 13.0 Å². The lowest BCUT2D eigenvalue weighted by Crippen LogP contribution is -2.31. The first-order valence-electron chi connectivity index (χ1n) is 8.51. The number of carbonyl (C=O) groups excluding carboxylic acids is 2. The third kappa shape index (κ3) is 3.88. The third-order valence-corrected chi connectivity index (χ3v) is 4.25. The van der Waals surface area contributed by atoms with Gasteiger partial charge in [-0.15, -0.1) is 0 Å². The van der Waals surface area contributed by atoms with E-state index < -0.39 is 6.61 Å². The minimum absolute atomic E-state index is 0.0769. The van der Waals surface area contributed by atoms with Crippen molar-refractivity contribution in [2.75, 3.05) is 18.1 Å². The van der Waals surface area contributed by atoms with E-state index in [1.165, 1.54) is 0 Å². The van der Waals surface area contributed by atoms with E-state index in [9.17, 15) is 9.59 Å². The summed E-state index contributed by atoms with van der Waals surface area (Å²) in [6, 6.07) is 14.8. The molecule has 5 heteroatoms. The maximum atomic E-state index is 13.0. The van der Waals surface area contributed by atoms with Crippen LogP contribution in [0, 0.1) is 0 Å². The van der Waals surface area contributed by atoms with E-state index in [1.807, 2.05) is 36.4 Å². The molecule has 2 aromatic carbocycles. The van der Waals surface area contributed by atoms with E-state index in [1.54, 1.807) is 17.0 Å². The van der Waals surface area contributed by atoms with Crippen LogP contribution < -0.4 is 9.64 Å². The van der Waals surface area contributed by atoms with E-state index in [4.69, 9.17) is 9.84 Å². The molecule has 1 heterocycles. The van der Waals surface area contributed by atoms with Gasteiger partial charge in [0.15, 0.2) is 11.5 Å². The Labute approximate surface area is 146 Å². The van der Waals surface area contributed by atoms with Gasteiger partial charge in [0.25, 0.3) is 5.91 Å². The maximum Gasteiger partial charge on any atom is 0.262 e. The number of amides is 1. The summed E-state index contributed by atoms with van der Waals surface area (Å²) in [5.41, 5.74) is 1.31. The average Bonchev–Trinajstić information content (AvgIpc) is 2.76. The van der Waals surface area contributed by atoms with Crippen LogP contribution in [0.2, 0.25) is 0 Å². The van der Waals surface area contributed by atoms with Crippen molar-refractivity contribution in [2.45, 2.75) is 25.7 Å². The summed E-state index contributed by atoms with van der Waals surface area (Å²) in [6.07, 6.45) is 2.70. The van der Waals surface area contributed by atoms with Crippen LogP contribution in [0.3, 0.4) is 0 Å². The van der Waals surface area contributed by atoms with Crippen molar-refractivity contribution in [1.82, 2.24) is 0 Å². The summed E-state index contributed by atoms with van der Waals surface area (Å²) in [6.45, 7) is 0.160. The normalized spacial score (nSPS) is 12.8. The van der Waals surface area contributed by atoms with Gasteiger partial charge in [0.2, 0.25) is 0 Å². The highest BCUT2D eigenvalue weighted by molar-refractivity contribution is 6.09. The van der Waals surface area contributed by atoms with Crippen molar-refractivity contribution in [3.05, 3.63) is 54.1 Å². The number of rotatable bonds is 7. The highest BCUT2D eigenvalue weighted by Gasteiger charge is 2.27. The molecule has 25 heavy (non-hydrogen) atoms. The Kier molecular flexibility index (Phi) is 5.46. The smallest absolute Gasteiger partial charge is 0.262 e. The lowest BCUT2D eigenvalue weighted by atomic mass is 10.1. The van der Waals surface area contributed by atoms with E-state index in [2.05, 4.69) is 0 Å². The summed E-state index contributed by atoms with van der Waals surface area (Å²) >= 11 is 0. The summed E-state index contributed by atoms with van der Waals surface area (Å²) in [4.78, 5) is 25.9. The first kappa shape index (κ1) is 17.2. The largest absolute Gasteiger partial charge is 0.454 e. The Morgan fingerprint density at radius 3 is 2.48 bits per heavy atom.